The van der Waals surface area contributed by atoms with Gasteiger partial charge in [0.05, 0.1) is 12.1 Å². The van der Waals surface area contributed by atoms with E-state index in [0.29, 0.717) is 6.61 Å². The second-order valence-electron chi connectivity index (χ2n) is 3.88. The van der Waals surface area contributed by atoms with Gasteiger partial charge < -0.3 is 4.74 Å². The number of carbonyl (C=O) groups excluding carboxylic acids is 1. The Bertz CT molecular complexity index is 369. The lowest BCUT2D eigenvalue weighted by Crippen LogP contribution is -2.36. The van der Waals surface area contributed by atoms with Crippen LogP contribution in [0.5, 0.6) is 0 Å². The van der Waals surface area contributed by atoms with E-state index in [9.17, 15) is 4.79 Å². The number of cyclic esters (lactones) is 1. The minimum absolute atomic E-state index is 0.0796. The molecule has 1 amide bonds. The number of hydrogen-bond donors (Lipinski definition) is 0. The molecule has 1 unspecified atom stereocenters. The van der Waals surface area contributed by atoms with Crippen LogP contribution in [-0.4, -0.2) is 28.1 Å². The number of rotatable bonds is 3. The molecular weight excluding hydrogens is 317 g/mol. The Labute approximate surface area is 109 Å². The van der Waals surface area contributed by atoms with Gasteiger partial charge in [-0.1, -0.05) is 52.9 Å². The highest BCUT2D eigenvalue weighted by Gasteiger charge is 2.35. The van der Waals surface area contributed by atoms with E-state index in [4.69, 9.17) is 4.74 Å². The summed E-state index contributed by atoms with van der Waals surface area (Å²) in [7, 11) is 0. The molecule has 86 valence electrons. The van der Waals surface area contributed by atoms with Crippen molar-refractivity contribution in [3.8, 4) is 0 Å². The predicted molar refractivity (Wildman–Crippen MR) is 70.7 cm³/mol. The summed E-state index contributed by atoms with van der Waals surface area (Å²) in [4.78, 5) is 13.5. The fraction of sp³-hybridized carbons (Fsp3) is 0.417. The van der Waals surface area contributed by atoms with Gasteiger partial charge in [-0.25, -0.2) is 4.79 Å². The number of carbonyl (C=O) groups is 1. The lowest BCUT2D eigenvalue weighted by molar-refractivity contribution is 0.148. The molecule has 0 saturated carbocycles. The van der Waals surface area contributed by atoms with Crippen molar-refractivity contribution >= 4 is 28.7 Å². The van der Waals surface area contributed by atoms with E-state index in [-0.39, 0.29) is 18.2 Å². The molecular formula is C12H14INO2. The molecule has 0 radical (unpaired) electrons. The van der Waals surface area contributed by atoms with Crippen LogP contribution in [0, 0.1) is 0 Å². The number of benzene rings is 1. The highest BCUT2D eigenvalue weighted by atomic mass is 127. The van der Waals surface area contributed by atoms with Crippen molar-refractivity contribution in [2.45, 2.75) is 19.0 Å². The van der Waals surface area contributed by atoms with Crippen molar-refractivity contribution in [3.05, 3.63) is 35.9 Å². The summed E-state index contributed by atoms with van der Waals surface area (Å²) < 4.78 is 6.00. The Morgan fingerprint density at radius 3 is 2.81 bits per heavy atom. The van der Waals surface area contributed by atoms with E-state index >= 15 is 0 Å². The van der Waals surface area contributed by atoms with Crippen LogP contribution in [0.4, 0.5) is 4.79 Å². The third kappa shape index (κ3) is 2.16. The van der Waals surface area contributed by atoms with Gasteiger partial charge in [0.25, 0.3) is 0 Å². The van der Waals surface area contributed by atoms with Gasteiger partial charge in [-0.3, -0.25) is 4.90 Å². The topological polar surface area (TPSA) is 29.5 Å². The maximum atomic E-state index is 11.7. The van der Waals surface area contributed by atoms with Crippen molar-refractivity contribution in [3.63, 3.8) is 0 Å². The first-order chi connectivity index (χ1) is 7.74. The molecule has 1 aromatic carbocycles. The van der Waals surface area contributed by atoms with Crippen molar-refractivity contribution in [2.24, 2.45) is 0 Å². The number of ether oxygens (including phenoxy) is 1. The largest absolute Gasteiger partial charge is 0.447 e. The molecule has 2 atom stereocenters. The maximum Gasteiger partial charge on any atom is 0.410 e. The average molecular weight is 331 g/mol. The van der Waals surface area contributed by atoms with Crippen LogP contribution in [0.25, 0.3) is 0 Å². The van der Waals surface area contributed by atoms with Crippen LogP contribution in [-0.2, 0) is 4.74 Å². The van der Waals surface area contributed by atoms with Gasteiger partial charge in [0.2, 0.25) is 0 Å². The number of alkyl halides is 1. The van der Waals surface area contributed by atoms with Crippen LogP contribution < -0.4 is 0 Å². The summed E-state index contributed by atoms with van der Waals surface area (Å²) in [5, 5.41) is 0. The van der Waals surface area contributed by atoms with Crippen LogP contribution >= 0.6 is 22.6 Å². The van der Waals surface area contributed by atoms with Crippen molar-refractivity contribution in [1.29, 1.82) is 0 Å². The van der Waals surface area contributed by atoms with E-state index < -0.39 is 0 Å². The second kappa shape index (κ2) is 5.03. The smallest absolute Gasteiger partial charge is 0.410 e. The van der Waals surface area contributed by atoms with Gasteiger partial charge in [-0.15, -0.1) is 0 Å². The molecule has 0 aromatic heterocycles. The molecule has 4 heteroatoms. The quantitative estimate of drug-likeness (QED) is 0.629. The minimum Gasteiger partial charge on any atom is -0.447 e. The number of amides is 1. The lowest BCUT2D eigenvalue weighted by atomic mass is 10.1. The Hall–Kier alpha value is -0.780. The predicted octanol–water partition coefficient (Wildman–Crippen LogP) is 3.00. The molecule has 1 aromatic rings. The van der Waals surface area contributed by atoms with E-state index in [1.54, 1.807) is 0 Å². The van der Waals surface area contributed by atoms with Gasteiger partial charge in [0.15, 0.2) is 0 Å². The Kier molecular flexibility index (Phi) is 3.68. The molecule has 1 aliphatic heterocycles. The molecule has 0 aliphatic carbocycles. The highest BCUT2D eigenvalue weighted by Crippen LogP contribution is 2.27. The van der Waals surface area contributed by atoms with Gasteiger partial charge in [-0.05, 0) is 12.5 Å². The molecule has 0 N–H and O–H groups in total. The molecule has 1 heterocycles. The average Bonchev–Trinajstić information content (AvgIpc) is 2.70. The van der Waals surface area contributed by atoms with Crippen LogP contribution in [0.1, 0.15) is 18.5 Å². The van der Waals surface area contributed by atoms with E-state index in [0.717, 1.165) is 9.99 Å². The SMILES string of the molecule is C[C@@H](c1ccccc1)N1C(=O)OCC1CI. The van der Waals surface area contributed by atoms with E-state index in [1.165, 1.54) is 0 Å². The first-order valence-corrected chi connectivity index (χ1v) is 6.82. The standard InChI is InChI=1S/C12H14INO2/c1-9(10-5-3-2-4-6-10)14-11(7-13)8-16-12(14)15/h2-6,9,11H,7-8H2,1H3/t9-,11?/m0/s1. The molecule has 3 nitrogen and oxygen atoms in total. The maximum absolute atomic E-state index is 11.7. The Morgan fingerprint density at radius 1 is 1.50 bits per heavy atom. The first kappa shape index (κ1) is 11.7. The van der Waals surface area contributed by atoms with Gasteiger partial charge in [0.1, 0.15) is 6.61 Å². The molecule has 1 fully saturated rings. The van der Waals surface area contributed by atoms with Gasteiger partial charge in [0, 0.05) is 4.43 Å². The second-order valence-corrected chi connectivity index (χ2v) is 4.76. The van der Waals surface area contributed by atoms with Crippen LogP contribution in [0.15, 0.2) is 30.3 Å². The molecule has 16 heavy (non-hydrogen) atoms. The first-order valence-electron chi connectivity index (χ1n) is 5.30. The third-order valence-electron chi connectivity index (χ3n) is 2.88. The fourth-order valence-electron chi connectivity index (χ4n) is 1.96. The monoisotopic (exact) mass is 331 g/mol. The zero-order chi connectivity index (χ0) is 11.5. The normalized spacial score (nSPS) is 22.0. The van der Waals surface area contributed by atoms with Crippen molar-refractivity contribution in [2.75, 3.05) is 11.0 Å². The summed E-state index contributed by atoms with van der Waals surface area (Å²) in [6.45, 7) is 2.56. The molecule has 0 bridgehead atoms. The summed E-state index contributed by atoms with van der Waals surface area (Å²) in [6, 6.07) is 10.3. The number of nitrogens with zero attached hydrogens (tertiary/aromatic N) is 1. The lowest BCUT2D eigenvalue weighted by Gasteiger charge is -2.27. The molecule has 1 aliphatic rings. The summed E-state index contributed by atoms with van der Waals surface area (Å²) in [5.41, 5.74) is 1.15. The van der Waals surface area contributed by atoms with E-state index in [1.807, 2.05) is 42.2 Å². The third-order valence-corrected chi connectivity index (χ3v) is 3.90. The molecule has 1 saturated heterocycles. The molecule has 2 rings (SSSR count). The minimum atomic E-state index is -0.196. The molecule has 0 spiro atoms. The number of halogens is 1. The fourth-order valence-corrected chi connectivity index (χ4v) is 2.64. The number of hydrogen-bond acceptors (Lipinski definition) is 2. The zero-order valence-electron chi connectivity index (χ0n) is 9.10. The highest BCUT2D eigenvalue weighted by molar-refractivity contribution is 14.1. The van der Waals surface area contributed by atoms with Crippen molar-refractivity contribution < 1.29 is 9.53 Å². The zero-order valence-corrected chi connectivity index (χ0v) is 11.3. The summed E-state index contributed by atoms with van der Waals surface area (Å²) in [6.07, 6.45) is -0.196. The van der Waals surface area contributed by atoms with Crippen molar-refractivity contribution in [1.82, 2.24) is 4.90 Å². The van der Waals surface area contributed by atoms with Crippen LogP contribution in [0.3, 0.4) is 0 Å². The summed E-state index contributed by atoms with van der Waals surface area (Å²) >= 11 is 2.29. The Balaban J connectivity index is 2.20. The van der Waals surface area contributed by atoms with E-state index in [2.05, 4.69) is 22.6 Å². The van der Waals surface area contributed by atoms with Crippen LogP contribution in [0.2, 0.25) is 0 Å². The van der Waals surface area contributed by atoms with Gasteiger partial charge in [-0.2, -0.15) is 0 Å². The Morgan fingerprint density at radius 2 is 2.19 bits per heavy atom. The van der Waals surface area contributed by atoms with Gasteiger partial charge >= 0.3 is 6.09 Å². The summed E-state index contributed by atoms with van der Waals surface area (Å²) in [5.74, 6) is 0.